The Bertz CT molecular complexity index is 512. The molecule has 0 aliphatic carbocycles. The standard InChI is InChI=1S/C14H17NO4/c1-10(8-6-5-7-9-17-3)13-12(14(16)18-4)15-11(2)19-13/h5-8H,1,9H2,2-4H3/b7-5+,8-6-. The van der Waals surface area contributed by atoms with Crippen LogP contribution >= 0.6 is 0 Å². The Kier molecular flexibility index (Phi) is 5.75. The van der Waals surface area contributed by atoms with Crippen LogP contribution in [0, 0.1) is 6.92 Å². The molecule has 0 N–H and O–H groups in total. The second kappa shape index (κ2) is 7.33. The van der Waals surface area contributed by atoms with E-state index in [2.05, 4.69) is 16.3 Å². The predicted molar refractivity (Wildman–Crippen MR) is 71.8 cm³/mol. The number of methoxy groups -OCH3 is 2. The Morgan fingerprint density at radius 1 is 1.42 bits per heavy atom. The van der Waals surface area contributed by atoms with Crippen LogP contribution in [0.15, 0.2) is 35.3 Å². The van der Waals surface area contributed by atoms with Gasteiger partial charge < -0.3 is 13.9 Å². The summed E-state index contributed by atoms with van der Waals surface area (Å²) < 4.78 is 14.9. The summed E-state index contributed by atoms with van der Waals surface area (Å²) in [7, 11) is 2.91. The zero-order valence-electron chi connectivity index (χ0n) is 11.3. The smallest absolute Gasteiger partial charge is 0.360 e. The van der Waals surface area contributed by atoms with Crippen molar-refractivity contribution in [3.05, 3.63) is 48.2 Å². The molecule has 1 aromatic heterocycles. The van der Waals surface area contributed by atoms with E-state index < -0.39 is 5.97 Å². The second-order valence-electron chi connectivity index (χ2n) is 3.67. The molecule has 19 heavy (non-hydrogen) atoms. The summed E-state index contributed by atoms with van der Waals surface area (Å²) >= 11 is 0. The highest BCUT2D eigenvalue weighted by Gasteiger charge is 2.20. The van der Waals surface area contributed by atoms with Crippen molar-refractivity contribution in [2.24, 2.45) is 0 Å². The molecule has 0 aromatic carbocycles. The number of oxazole rings is 1. The van der Waals surface area contributed by atoms with Gasteiger partial charge in [0.15, 0.2) is 17.3 Å². The first kappa shape index (κ1) is 14.9. The van der Waals surface area contributed by atoms with Gasteiger partial charge in [-0.3, -0.25) is 0 Å². The zero-order chi connectivity index (χ0) is 14.3. The zero-order valence-corrected chi connectivity index (χ0v) is 11.3. The summed E-state index contributed by atoms with van der Waals surface area (Å²) in [6, 6.07) is 0. The molecule has 0 bridgehead atoms. The van der Waals surface area contributed by atoms with Crippen molar-refractivity contribution in [2.45, 2.75) is 6.92 Å². The van der Waals surface area contributed by atoms with Gasteiger partial charge in [0, 0.05) is 19.6 Å². The second-order valence-corrected chi connectivity index (χ2v) is 3.67. The van der Waals surface area contributed by atoms with Gasteiger partial charge in [0.05, 0.1) is 13.7 Å². The van der Waals surface area contributed by atoms with Gasteiger partial charge in [-0.1, -0.05) is 30.9 Å². The average molecular weight is 263 g/mol. The van der Waals surface area contributed by atoms with Crippen LogP contribution in [-0.2, 0) is 9.47 Å². The molecule has 0 atom stereocenters. The molecule has 0 aliphatic heterocycles. The third-order valence-corrected chi connectivity index (χ3v) is 2.21. The van der Waals surface area contributed by atoms with Gasteiger partial charge in [-0.25, -0.2) is 9.78 Å². The Labute approximate surface area is 112 Å². The summed E-state index contributed by atoms with van der Waals surface area (Å²) in [4.78, 5) is 15.5. The Balaban J connectivity index is 2.85. The molecule has 1 heterocycles. The van der Waals surface area contributed by atoms with E-state index in [1.165, 1.54) is 7.11 Å². The van der Waals surface area contributed by atoms with Gasteiger partial charge in [-0.2, -0.15) is 0 Å². The van der Waals surface area contributed by atoms with Crippen molar-refractivity contribution in [3.8, 4) is 0 Å². The van der Waals surface area contributed by atoms with Crippen LogP contribution in [0.2, 0.25) is 0 Å². The van der Waals surface area contributed by atoms with Crippen LogP contribution in [0.25, 0.3) is 5.57 Å². The summed E-state index contributed by atoms with van der Waals surface area (Å²) in [6.45, 7) is 6.03. The quantitative estimate of drug-likeness (QED) is 0.583. The van der Waals surface area contributed by atoms with E-state index in [0.29, 0.717) is 23.8 Å². The predicted octanol–water partition coefficient (Wildman–Crippen LogP) is 2.54. The first-order valence-corrected chi connectivity index (χ1v) is 5.67. The SMILES string of the molecule is C=C(/C=C\C=C\COC)c1oc(C)nc1C(=O)OC. The molecule has 102 valence electrons. The number of nitrogens with zero attached hydrogens (tertiary/aromatic N) is 1. The highest BCUT2D eigenvalue weighted by Crippen LogP contribution is 2.21. The molecule has 0 saturated carbocycles. The maximum absolute atomic E-state index is 11.5. The van der Waals surface area contributed by atoms with Crippen molar-refractivity contribution in [2.75, 3.05) is 20.8 Å². The first-order chi connectivity index (χ1) is 9.10. The van der Waals surface area contributed by atoms with E-state index in [0.717, 1.165) is 0 Å². The number of carbonyl (C=O) groups is 1. The van der Waals surface area contributed by atoms with E-state index in [1.54, 1.807) is 26.2 Å². The molecule has 5 nitrogen and oxygen atoms in total. The topological polar surface area (TPSA) is 61.6 Å². The minimum absolute atomic E-state index is 0.135. The number of aryl methyl sites for hydroxylation is 1. The summed E-state index contributed by atoms with van der Waals surface area (Å²) in [5, 5.41) is 0. The van der Waals surface area contributed by atoms with Gasteiger partial charge in [0.2, 0.25) is 0 Å². The molecule has 0 unspecified atom stereocenters. The fraction of sp³-hybridized carbons (Fsp3) is 0.286. The van der Waals surface area contributed by atoms with Crippen LogP contribution < -0.4 is 0 Å². The maximum atomic E-state index is 11.5. The fourth-order valence-electron chi connectivity index (χ4n) is 1.36. The fourth-order valence-corrected chi connectivity index (χ4v) is 1.36. The number of ether oxygens (including phenoxy) is 2. The molecule has 0 saturated heterocycles. The van der Waals surface area contributed by atoms with Crippen molar-refractivity contribution < 1.29 is 18.7 Å². The van der Waals surface area contributed by atoms with Crippen molar-refractivity contribution in [1.29, 1.82) is 0 Å². The monoisotopic (exact) mass is 263 g/mol. The van der Waals surface area contributed by atoms with Gasteiger partial charge in [0.25, 0.3) is 0 Å². The lowest BCUT2D eigenvalue weighted by atomic mass is 10.2. The highest BCUT2D eigenvalue weighted by molar-refractivity contribution is 5.93. The van der Waals surface area contributed by atoms with Crippen molar-refractivity contribution >= 4 is 11.5 Å². The molecule has 0 radical (unpaired) electrons. The molecule has 0 aliphatic rings. The van der Waals surface area contributed by atoms with E-state index in [4.69, 9.17) is 9.15 Å². The Hall–Kier alpha value is -2.14. The van der Waals surface area contributed by atoms with Gasteiger partial charge >= 0.3 is 5.97 Å². The highest BCUT2D eigenvalue weighted by atomic mass is 16.5. The van der Waals surface area contributed by atoms with Crippen molar-refractivity contribution in [1.82, 2.24) is 4.98 Å². The first-order valence-electron chi connectivity index (χ1n) is 5.67. The Morgan fingerprint density at radius 3 is 2.79 bits per heavy atom. The number of carbonyl (C=O) groups excluding carboxylic acids is 1. The minimum atomic E-state index is -0.545. The lowest BCUT2D eigenvalue weighted by Gasteiger charge is -1.98. The number of hydrogen-bond donors (Lipinski definition) is 0. The van der Waals surface area contributed by atoms with E-state index in [1.807, 2.05) is 12.2 Å². The summed E-state index contributed by atoms with van der Waals surface area (Å²) in [5.41, 5.74) is 0.679. The molecule has 0 amide bonds. The molecule has 1 rings (SSSR count). The normalized spacial score (nSPS) is 11.3. The number of aromatic nitrogens is 1. The minimum Gasteiger partial charge on any atom is -0.464 e. The maximum Gasteiger partial charge on any atom is 0.360 e. The molecular formula is C14H17NO4. The van der Waals surface area contributed by atoms with Gasteiger partial charge in [0.1, 0.15) is 0 Å². The van der Waals surface area contributed by atoms with Crippen LogP contribution in [0.4, 0.5) is 0 Å². The van der Waals surface area contributed by atoms with Gasteiger partial charge in [-0.05, 0) is 0 Å². The van der Waals surface area contributed by atoms with Crippen molar-refractivity contribution in [3.63, 3.8) is 0 Å². The lowest BCUT2D eigenvalue weighted by molar-refractivity contribution is 0.0593. The molecule has 5 heteroatoms. The number of esters is 1. The Morgan fingerprint density at radius 2 is 2.16 bits per heavy atom. The van der Waals surface area contributed by atoms with Gasteiger partial charge in [-0.15, -0.1) is 0 Å². The van der Waals surface area contributed by atoms with E-state index in [-0.39, 0.29) is 5.69 Å². The average Bonchev–Trinajstić information content (AvgIpc) is 2.79. The molecule has 0 spiro atoms. The summed E-state index contributed by atoms with van der Waals surface area (Å²) in [5.74, 6) is 0.164. The largest absolute Gasteiger partial charge is 0.464 e. The van der Waals surface area contributed by atoms with E-state index in [9.17, 15) is 4.79 Å². The third kappa shape index (κ3) is 4.22. The van der Waals surface area contributed by atoms with E-state index >= 15 is 0 Å². The number of hydrogen-bond acceptors (Lipinski definition) is 5. The number of rotatable bonds is 6. The van der Waals surface area contributed by atoms with Crippen LogP contribution in [0.1, 0.15) is 22.1 Å². The lowest BCUT2D eigenvalue weighted by Crippen LogP contribution is -2.04. The van der Waals surface area contributed by atoms with Crippen LogP contribution in [-0.4, -0.2) is 31.8 Å². The molecule has 1 aromatic rings. The summed E-state index contributed by atoms with van der Waals surface area (Å²) in [6.07, 6.45) is 7.16. The van der Waals surface area contributed by atoms with Crippen LogP contribution in [0.3, 0.4) is 0 Å². The van der Waals surface area contributed by atoms with Crippen LogP contribution in [0.5, 0.6) is 0 Å². The third-order valence-electron chi connectivity index (χ3n) is 2.21. The molecular weight excluding hydrogens is 246 g/mol. The number of allylic oxidation sites excluding steroid dienone is 4. The molecule has 0 fully saturated rings.